The molecule has 0 atom stereocenters. The predicted octanol–water partition coefficient (Wildman–Crippen LogP) is 3.53. The average Bonchev–Trinajstić information content (AvgIpc) is 3.09. The Morgan fingerprint density at radius 1 is 1.00 bits per heavy atom. The largest absolute Gasteiger partial charge is 0.464 e. The van der Waals surface area contributed by atoms with Crippen molar-refractivity contribution >= 4 is 5.97 Å². The van der Waals surface area contributed by atoms with Crippen LogP contribution < -0.4 is 0 Å². The van der Waals surface area contributed by atoms with Crippen LogP contribution in [0.3, 0.4) is 0 Å². The highest BCUT2D eigenvalue weighted by Crippen LogP contribution is 2.40. The van der Waals surface area contributed by atoms with E-state index in [2.05, 4.69) is 17.0 Å². The van der Waals surface area contributed by atoms with Gasteiger partial charge in [-0.25, -0.2) is 0 Å². The molecule has 0 aromatic heterocycles. The van der Waals surface area contributed by atoms with Crippen molar-refractivity contribution in [2.75, 3.05) is 26.2 Å². The number of rotatable bonds is 5. The maximum absolute atomic E-state index is 12.9. The summed E-state index contributed by atoms with van der Waals surface area (Å²) in [5, 5.41) is 0. The van der Waals surface area contributed by atoms with Crippen LogP contribution in [-0.2, 0) is 14.9 Å². The molecule has 1 aliphatic carbocycles. The highest BCUT2D eigenvalue weighted by atomic mass is 16.5. The van der Waals surface area contributed by atoms with E-state index in [0.717, 1.165) is 50.9 Å². The SMILES string of the molecule is O=C(OCCN1CCCC1)C1(c2ccccc2)CCCCC1. The van der Waals surface area contributed by atoms with Gasteiger partial charge in [0.05, 0.1) is 5.41 Å². The summed E-state index contributed by atoms with van der Waals surface area (Å²) < 4.78 is 5.72. The number of ether oxygens (including phenoxy) is 1. The minimum atomic E-state index is -0.398. The van der Waals surface area contributed by atoms with Gasteiger partial charge in [0.2, 0.25) is 0 Å². The van der Waals surface area contributed by atoms with Crippen molar-refractivity contribution in [3.63, 3.8) is 0 Å². The van der Waals surface area contributed by atoms with Crippen LogP contribution >= 0.6 is 0 Å². The van der Waals surface area contributed by atoms with Crippen molar-refractivity contribution < 1.29 is 9.53 Å². The Balaban J connectivity index is 1.65. The number of hydrogen-bond acceptors (Lipinski definition) is 3. The molecule has 0 amide bonds. The second kappa shape index (κ2) is 7.28. The van der Waals surface area contributed by atoms with Gasteiger partial charge in [-0.1, -0.05) is 49.6 Å². The van der Waals surface area contributed by atoms with E-state index in [4.69, 9.17) is 4.74 Å². The Kier molecular flexibility index (Phi) is 5.14. The zero-order valence-electron chi connectivity index (χ0n) is 13.4. The third-order valence-electron chi connectivity index (χ3n) is 5.26. The molecule has 1 saturated heterocycles. The molecular formula is C19H27NO2. The van der Waals surface area contributed by atoms with Gasteiger partial charge in [0.25, 0.3) is 0 Å². The molecule has 0 spiro atoms. The zero-order chi connectivity index (χ0) is 15.3. The lowest BCUT2D eigenvalue weighted by atomic mass is 9.69. The van der Waals surface area contributed by atoms with Crippen molar-refractivity contribution in [1.29, 1.82) is 0 Å². The summed E-state index contributed by atoms with van der Waals surface area (Å²) in [6.45, 7) is 3.73. The van der Waals surface area contributed by atoms with Crippen molar-refractivity contribution in [2.24, 2.45) is 0 Å². The lowest BCUT2D eigenvalue weighted by Crippen LogP contribution is -2.40. The number of carbonyl (C=O) groups is 1. The van der Waals surface area contributed by atoms with Crippen LogP contribution in [0.25, 0.3) is 0 Å². The molecule has 2 fully saturated rings. The normalized spacial score (nSPS) is 21.6. The molecule has 2 aliphatic rings. The van der Waals surface area contributed by atoms with Crippen molar-refractivity contribution in [3.8, 4) is 0 Å². The molecule has 1 saturated carbocycles. The first-order valence-corrected chi connectivity index (χ1v) is 8.76. The van der Waals surface area contributed by atoms with Crippen LogP contribution in [0.5, 0.6) is 0 Å². The van der Waals surface area contributed by atoms with E-state index in [1.165, 1.54) is 19.3 Å². The van der Waals surface area contributed by atoms with Crippen LogP contribution in [0, 0.1) is 0 Å². The fraction of sp³-hybridized carbons (Fsp3) is 0.632. The van der Waals surface area contributed by atoms with Crippen LogP contribution in [-0.4, -0.2) is 37.1 Å². The number of benzene rings is 1. The molecule has 1 aromatic carbocycles. The molecule has 0 unspecified atom stereocenters. The molecule has 0 radical (unpaired) electrons. The smallest absolute Gasteiger partial charge is 0.316 e. The first-order valence-electron chi connectivity index (χ1n) is 8.76. The fourth-order valence-electron chi connectivity index (χ4n) is 3.93. The maximum Gasteiger partial charge on any atom is 0.316 e. The summed E-state index contributed by atoms with van der Waals surface area (Å²) in [4.78, 5) is 15.2. The van der Waals surface area contributed by atoms with Gasteiger partial charge in [0, 0.05) is 6.54 Å². The number of likely N-dealkylation sites (tertiary alicyclic amines) is 1. The molecule has 3 rings (SSSR count). The minimum absolute atomic E-state index is 0.00223. The Morgan fingerprint density at radius 2 is 1.68 bits per heavy atom. The second-order valence-corrected chi connectivity index (χ2v) is 6.69. The van der Waals surface area contributed by atoms with E-state index < -0.39 is 5.41 Å². The third kappa shape index (κ3) is 3.35. The number of esters is 1. The molecule has 0 bridgehead atoms. The third-order valence-corrected chi connectivity index (χ3v) is 5.26. The Bertz CT molecular complexity index is 473. The van der Waals surface area contributed by atoms with Gasteiger partial charge in [-0.05, 0) is 44.3 Å². The van der Waals surface area contributed by atoms with Gasteiger partial charge in [-0.2, -0.15) is 0 Å². The van der Waals surface area contributed by atoms with E-state index in [1.54, 1.807) is 0 Å². The monoisotopic (exact) mass is 301 g/mol. The van der Waals surface area contributed by atoms with Crippen molar-refractivity contribution in [2.45, 2.75) is 50.4 Å². The van der Waals surface area contributed by atoms with Crippen LogP contribution in [0.4, 0.5) is 0 Å². The minimum Gasteiger partial charge on any atom is -0.464 e. The molecule has 22 heavy (non-hydrogen) atoms. The second-order valence-electron chi connectivity index (χ2n) is 6.69. The molecule has 3 heteroatoms. The molecule has 3 nitrogen and oxygen atoms in total. The van der Waals surface area contributed by atoms with Gasteiger partial charge in [-0.3, -0.25) is 9.69 Å². The van der Waals surface area contributed by atoms with E-state index in [9.17, 15) is 4.79 Å². The van der Waals surface area contributed by atoms with E-state index in [-0.39, 0.29) is 5.97 Å². The Hall–Kier alpha value is -1.35. The Morgan fingerprint density at radius 3 is 2.36 bits per heavy atom. The molecule has 1 aliphatic heterocycles. The van der Waals surface area contributed by atoms with E-state index >= 15 is 0 Å². The van der Waals surface area contributed by atoms with Crippen LogP contribution in [0.1, 0.15) is 50.5 Å². The van der Waals surface area contributed by atoms with E-state index in [0.29, 0.717) is 6.61 Å². The zero-order valence-corrected chi connectivity index (χ0v) is 13.4. The van der Waals surface area contributed by atoms with Crippen LogP contribution in [0.2, 0.25) is 0 Å². The van der Waals surface area contributed by atoms with Gasteiger partial charge >= 0.3 is 5.97 Å². The summed E-state index contributed by atoms with van der Waals surface area (Å²) in [5.41, 5.74) is 0.741. The first-order chi connectivity index (χ1) is 10.8. The fourth-order valence-corrected chi connectivity index (χ4v) is 3.93. The highest BCUT2D eigenvalue weighted by molar-refractivity contribution is 5.83. The van der Waals surface area contributed by atoms with Crippen molar-refractivity contribution in [3.05, 3.63) is 35.9 Å². The summed E-state index contributed by atoms with van der Waals surface area (Å²) in [5.74, 6) is -0.00223. The summed E-state index contributed by atoms with van der Waals surface area (Å²) in [6, 6.07) is 10.3. The van der Waals surface area contributed by atoms with Gasteiger partial charge in [-0.15, -0.1) is 0 Å². The number of hydrogen-bond donors (Lipinski definition) is 0. The molecule has 1 heterocycles. The topological polar surface area (TPSA) is 29.5 Å². The highest BCUT2D eigenvalue weighted by Gasteiger charge is 2.42. The summed E-state index contributed by atoms with van der Waals surface area (Å²) in [7, 11) is 0. The first kappa shape index (κ1) is 15.5. The predicted molar refractivity (Wildman–Crippen MR) is 87.8 cm³/mol. The van der Waals surface area contributed by atoms with Gasteiger partial charge in [0.15, 0.2) is 0 Å². The van der Waals surface area contributed by atoms with Crippen molar-refractivity contribution in [1.82, 2.24) is 4.90 Å². The molecule has 0 N–H and O–H groups in total. The standard InChI is InChI=1S/C19H27NO2/c21-18(22-16-15-20-13-7-8-14-20)19(11-5-2-6-12-19)17-9-3-1-4-10-17/h1,3-4,9-10H,2,5-8,11-16H2. The van der Waals surface area contributed by atoms with E-state index in [1.807, 2.05) is 18.2 Å². The lowest BCUT2D eigenvalue weighted by Gasteiger charge is -2.35. The number of nitrogens with zero attached hydrogens (tertiary/aromatic N) is 1. The average molecular weight is 301 g/mol. The lowest BCUT2D eigenvalue weighted by molar-refractivity contribution is -0.152. The molecule has 1 aromatic rings. The summed E-state index contributed by atoms with van der Waals surface area (Å²) in [6.07, 6.45) is 7.89. The molecular weight excluding hydrogens is 274 g/mol. The van der Waals surface area contributed by atoms with Gasteiger partial charge < -0.3 is 4.74 Å². The summed E-state index contributed by atoms with van der Waals surface area (Å²) >= 11 is 0. The number of carbonyl (C=O) groups excluding carboxylic acids is 1. The Labute approximate surface area is 133 Å². The molecule has 120 valence electrons. The maximum atomic E-state index is 12.9. The quantitative estimate of drug-likeness (QED) is 0.779. The van der Waals surface area contributed by atoms with Gasteiger partial charge in [0.1, 0.15) is 6.61 Å². The van der Waals surface area contributed by atoms with Crippen LogP contribution in [0.15, 0.2) is 30.3 Å².